The summed E-state index contributed by atoms with van der Waals surface area (Å²) in [4.78, 5) is 16.2. The first-order valence-electron chi connectivity index (χ1n) is 10.3. The van der Waals surface area contributed by atoms with Crippen molar-refractivity contribution in [2.45, 2.75) is 64.5 Å². The zero-order valence-corrected chi connectivity index (χ0v) is 17.0. The van der Waals surface area contributed by atoms with E-state index < -0.39 is 5.60 Å². The third-order valence-electron chi connectivity index (χ3n) is 5.88. The minimum absolute atomic E-state index is 0.0188. The Bertz CT molecular complexity index is 637. The number of hydrogen-bond donors (Lipinski definition) is 1. The molecule has 0 unspecified atom stereocenters. The summed E-state index contributed by atoms with van der Waals surface area (Å²) in [5, 5.41) is 11.4. The Hall–Kier alpha value is -1.59. The van der Waals surface area contributed by atoms with Gasteiger partial charge in [0.05, 0.1) is 6.54 Å². The standard InChI is InChI=1S/C22H34N2O3/c1-17-11-18(2)13-21(12-17)27-16-22(26)14-23(19(3)25)9-10-24(15-22)20-7-5-4-6-8-20/h11-13,20,26H,4-10,14-16H2,1-3H3/t22-/m1/s1. The molecule has 5 heteroatoms. The first-order valence-corrected chi connectivity index (χ1v) is 10.3. The van der Waals surface area contributed by atoms with Crippen molar-refractivity contribution in [1.82, 2.24) is 9.80 Å². The van der Waals surface area contributed by atoms with Crippen LogP contribution in [0.5, 0.6) is 5.75 Å². The lowest BCUT2D eigenvalue weighted by Crippen LogP contribution is -2.53. The quantitative estimate of drug-likeness (QED) is 0.880. The van der Waals surface area contributed by atoms with E-state index in [1.165, 1.54) is 32.1 Å². The number of aliphatic hydroxyl groups is 1. The van der Waals surface area contributed by atoms with Crippen molar-refractivity contribution >= 4 is 5.91 Å². The summed E-state index contributed by atoms with van der Waals surface area (Å²) in [6.07, 6.45) is 6.20. The van der Waals surface area contributed by atoms with Crippen molar-refractivity contribution in [3.05, 3.63) is 29.3 Å². The molecule has 1 amide bonds. The van der Waals surface area contributed by atoms with Crippen molar-refractivity contribution in [3.63, 3.8) is 0 Å². The van der Waals surface area contributed by atoms with Gasteiger partial charge in [0.15, 0.2) is 0 Å². The van der Waals surface area contributed by atoms with Gasteiger partial charge in [-0.3, -0.25) is 9.69 Å². The molecule has 3 rings (SSSR count). The van der Waals surface area contributed by atoms with Crippen LogP contribution in [0.3, 0.4) is 0 Å². The number of carbonyl (C=O) groups is 1. The Morgan fingerprint density at radius 1 is 1.11 bits per heavy atom. The van der Waals surface area contributed by atoms with Crippen LogP contribution in [0, 0.1) is 13.8 Å². The number of amides is 1. The molecule has 0 spiro atoms. The average molecular weight is 375 g/mol. The van der Waals surface area contributed by atoms with Gasteiger partial charge in [-0.1, -0.05) is 25.3 Å². The SMILES string of the molecule is CC(=O)N1CCN(C2CCCCC2)C[C@@](O)(COc2cc(C)cc(C)c2)C1. The molecule has 2 aliphatic rings. The summed E-state index contributed by atoms with van der Waals surface area (Å²) in [5.74, 6) is 0.800. The van der Waals surface area contributed by atoms with E-state index in [0.717, 1.165) is 23.4 Å². The van der Waals surface area contributed by atoms with Crippen LogP contribution >= 0.6 is 0 Å². The number of carbonyl (C=O) groups excluding carboxylic acids is 1. The highest BCUT2D eigenvalue weighted by Gasteiger charge is 2.39. The minimum Gasteiger partial charge on any atom is -0.490 e. The van der Waals surface area contributed by atoms with Crippen molar-refractivity contribution in [2.75, 3.05) is 32.8 Å². The Labute approximate surface area is 163 Å². The molecule has 1 aromatic rings. The molecule has 1 aliphatic heterocycles. The van der Waals surface area contributed by atoms with Crippen LogP contribution < -0.4 is 4.74 Å². The molecular formula is C22H34N2O3. The van der Waals surface area contributed by atoms with Crippen molar-refractivity contribution in [1.29, 1.82) is 0 Å². The highest BCUT2D eigenvalue weighted by atomic mass is 16.5. The molecule has 1 N–H and O–H groups in total. The number of nitrogens with zero attached hydrogens (tertiary/aromatic N) is 2. The maximum Gasteiger partial charge on any atom is 0.219 e. The molecule has 150 valence electrons. The third kappa shape index (κ3) is 5.45. The first-order chi connectivity index (χ1) is 12.8. The van der Waals surface area contributed by atoms with E-state index in [-0.39, 0.29) is 12.5 Å². The molecule has 1 saturated carbocycles. The van der Waals surface area contributed by atoms with Gasteiger partial charge in [0.2, 0.25) is 5.91 Å². The summed E-state index contributed by atoms with van der Waals surface area (Å²) in [5.41, 5.74) is 1.23. The molecule has 1 atom stereocenters. The van der Waals surface area contributed by atoms with E-state index in [1.807, 2.05) is 26.0 Å². The Kier molecular flexibility index (Phi) is 6.43. The molecule has 1 aromatic carbocycles. The molecule has 1 heterocycles. The molecule has 0 aromatic heterocycles. The van der Waals surface area contributed by atoms with Gasteiger partial charge < -0.3 is 14.7 Å². The largest absolute Gasteiger partial charge is 0.490 e. The molecule has 1 saturated heterocycles. The monoisotopic (exact) mass is 374 g/mol. The summed E-state index contributed by atoms with van der Waals surface area (Å²) in [6, 6.07) is 6.61. The van der Waals surface area contributed by atoms with Gasteiger partial charge in [-0.25, -0.2) is 0 Å². The fourth-order valence-electron chi connectivity index (χ4n) is 4.54. The number of benzene rings is 1. The highest BCUT2D eigenvalue weighted by molar-refractivity contribution is 5.73. The van der Waals surface area contributed by atoms with Gasteiger partial charge in [0.25, 0.3) is 0 Å². The van der Waals surface area contributed by atoms with Crippen LogP contribution in [0.1, 0.15) is 50.2 Å². The fourth-order valence-corrected chi connectivity index (χ4v) is 4.54. The van der Waals surface area contributed by atoms with E-state index in [1.54, 1.807) is 11.8 Å². The molecule has 2 fully saturated rings. The predicted molar refractivity (Wildman–Crippen MR) is 107 cm³/mol. The Balaban J connectivity index is 1.73. The molecule has 5 nitrogen and oxygen atoms in total. The summed E-state index contributed by atoms with van der Waals surface area (Å²) < 4.78 is 6.01. The minimum atomic E-state index is -1.06. The summed E-state index contributed by atoms with van der Waals surface area (Å²) in [7, 11) is 0. The van der Waals surface area contributed by atoms with Crippen LogP contribution in [0.4, 0.5) is 0 Å². The van der Waals surface area contributed by atoms with Crippen LogP contribution in [-0.4, -0.2) is 65.2 Å². The van der Waals surface area contributed by atoms with Gasteiger partial charge in [-0.15, -0.1) is 0 Å². The zero-order chi connectivity index (χ0) is 19.4. The zero-order valence-electron chi connectivity index (χ0n) is 17.0. The molecule has 0 radical (unpaired) electrons. The Morgan fingerprint density at radius 3 is 2.41 bits per heavy atom. The summed E-state index contributed by atoms with van der Waals surface area (Å²) >= 11 is 0. The second-order valence-corrected chi connectivity index (χ2v) is 8.54. The number of β-amino-alcohol motifs (C(OH)–C–C–N with tert-alkyl or cyclic N) is 1. The van der Waals surface area contributed by atoms with Gasteiger partial charge in [-0.2, -0.15) is 0 Å². The smallest absolute Gasteiger partial charge is 0.219 e. The van der Waals surface area contributed by atoms with Gasteiger partial charge in [0, 0.05) is 32.6 Å². The molecule has 27 heavy (non-hydrogen) atoms. The van der Waals surface area contributed by atoms with E-state index in [0.29, 0.717) is 25.7 Å². The highest BCUT2D eigenvalue weighted by Crippen LogP contribution is 2.27. The first kappa shape index (κ1) is 20.2. The maximum absolute atomic E-state index is 12.0. The van der Waals surface area contributed by atoms with Gasteiger partial charge in [-0.05, 0) is 49.9 Å². The molecular weight excluding hydrogens is 340 g/mol. The predicted octanol–water partition coefficient (Wildman–Crippen LogP) is 2.91. The average Bonchev–Trinajstić information content (AvgIpc) is 2.80. The molecule has 1 aliphatic carbocycles. The lowest BCUT2D eigenvalue weighted by Gasteiger charge is -2.37. The van der Waals surface area contributed by atoms with Gasteiger partial charge >= 0.3 is 0 Å². The van der Waals surface area contributed by atoms with E-state index >= 15 is 0 Å². The summed E-state index contributed by atoms with van der Waals surface area (Å²) in [6.45, 7) is 8.27. The van der Waals surface area contributed by atoms with Crippen LogP contribution in [0.15, 0.2) is 18.2 Å². The maximum atomic E-state index is 12.0. The van der Waals surface area contributed by atoms with Crippen molar-refractivity contribution in [3.8, 4) is 5.75 Å². The molecule has 0 bridgehead atoms. The second-order valence-electron chi connectivity index (χ2n) is 8.54. The third-order valence-corrected chi connectivity index (χ3v) is 5.88. The second kappa shape index (κ2) is 8.61. The normalized spacial score (nSPS) is 25.3. The van der Waals surface area contributed by atoms with Crippen molar-refractivity contribution < 1.29 is 14.6 Å². The topological polar surface area (TPSA) is 53.0 Å². The Morgan fingerprint density at radius 2 is 1.78 bits per heavy atom. The van der Waals surface area contributed by atoms with E-state index in [9.17, 15) is 9.90 Å². The number of ether oxygens (including phenoxy) is 1. The van der Waals surface area contributed by atoms with E-state index in [4.69, 9.17) is 4.74 Å². The van der Waals surface area contributed by atoms with Gasteiger partial charge in [0.1, 0.15) is 18.0 Å². The lowest BCUT2D eigenvalue weighted by atomic mass is 9.93. The number of hydrogen-bond acceptors (Lipinski definition) is 4. The van der Waals surface area contributed by atoms with Crippen LogP contribution in [0.2, 0.25) is 0 Å². The fraction of sp³-hybridized carbons (Fsp3) is 0.682. The number of rotatable bonds is 4. The van der Waals surface area contributed by atoms with E-state index in [2.05, 4.69) is 11.0 Å². The number of aryl methyl sites for hydroxylation is 2. The van der Waals surface area contributed by atoms with Crippen molar-refractivity contribution in [2.24, 2.45) is 0 Å². The van der Waals surface area contributed by atoms with Crippen LogP contribution in [0.25, 0.3) is 0 Å². The van der Waals surface area contributed by atoms with Crippen LogP contribution in [-0.2, 0) is 4.79 Å². The lowest BCUT2D eigenvalue weighted by molar-refractivity contribution is -0.132.